The number of hydrogen-bond acceptors (Lipinski definition) is 10. The fourth-order valence-electron chi connectivity index (χ4n) is 16.3. The number of hydrogen-bond donors (Lipinski definition) is 6. The van der Waals surface area contributed by atoms with Crippen LogP contribution in [0.15, 0.2) is 132 Å². The molecule has 14 rings (SSSR count). The summed E-state index contributed by atoms with van der Waals surface area (Å²) in [6.45, 7) is 2.07. The summed E-state index contributed by atoms with van der Waals surface area (Å²) in [6, 6.07) is 37.9. The maximum Gasteiger partial charge on any atom is 1.00 e. The quantitative estimate of drug-likeness (QED) is 0.0195. The van der Waals surface area contributed by atoms with Crippen LogP contribution in [0.4, 0.5) is 0 Å². The van der Waals surface area contributed by atoms with E-state index < -0.39 is 56.2 Å². The fourth-order valence-corrected chi connectivity index (χ4v) is 17.4. The van der Waals surface area contributed by atoms with Crippen molar-refractivity contribution in [3.63, 3.8) is 0 Å². The molecule has 9 aliphatic rings. The first kappa shape index (κ1) is 59.7. The molecule has 5 aromatic rings. The Hall–Kier alpha value is -4.98. The van der Waals surface area contributed by atoms with E-state index in [4.69, 9.17) is 25.9 Å². The largest absolute Gasteiger partial charge is 1.00 e. The predicted octanol–water partition coefficient (Wildman–Crippen LogP) is 8.30. The summed E-state index contributed by atoms with van der Waals surface area (Å²) < 4.78 is 57.7. The molecule has 5 heterocycles. The van der Waals surface area contributed by atoms with Crippen molar-refractivity contribution in [2.45, 2.75) is 175 Å². The Balaban J connectivity index is 0.00000721. The number of aliphatic hydroxyl groups is 3. The molecule has 8 N–H and O–H groups in total. The molecule has 5 aliphatic heterocycles. The molecule has 0 amide bonds. The number of ether oxygens (including phenoxy) is 2. The molecule has 14 heteroatoms. The van der Waals surface area contributed by atoms with Crippen LogP contribution in [0.5, 0.6) is 11.5 Å². The number of phenols is 1. The molecular weight excluding hydrogens is 1070 g/mol. The van der Waals surface area contributed by atoms with Gasteiger partial charge in [-0.3, -0.25) is 0 Å². The van der Waals surface area contributed by atoms with Gasteiger partial charge in [0.2, 0.25) is 5.72 Å². The Bertz CT molecular complexity index is 3370. The molecule has 4 aliphatic carbocycles. The number of nitrogens with zero attached hydrogens (tertiary/aromatic N) is 1. The number of aromatic hydroxyl groups is 1. The molecule has 83 heavy (non-hydrogen) atoms. The van der Waals surface area contributed by atoms with Crippen LogP contribution >= 0.6 is 0 Å². The smallest absolute Gasteiger partial charge is 0.748 e. The number of fused-ring (bicyclic) bond motifs is 9. The van der Waals surface area contributed by atoms with E-state index in [2.05, 4.69) is 55.2 Å². The van der Waals surface area contributed by atoms with E-state index in [1.54, 1.807) is 12.1 Å². The minimum absolute atomic E-state index is 0. The van der Waals surface area contributed by atoms with Crippen molar-refractivity contribution in [1.82, 2.24) is 0 Å². The minimum atomic E-state index is -4.95. The number of allylic oxidation sites excluding steroid dienone is 1. The standard InChI is InChI=1S/C69H81N3O9S.Na/c1-43-15-16-49-36-57-26-28-59(49)61(43)39-63(82(77,78)79)62-38-52-34-51(37-58-33-45(42-73)12-8-13-48-35-56(74)25-27-60(48)65(52)80-58)64(62)47-19-23-54(24-20-47)69(81-57,72-66(70)71)41-55(32-44-10-4-2-5-11-44)68(76)31-9-14-50(40-68)46-17-21-53(22-18-46)67(75)29-6-3-7-30-67;/h2,4-5,10-11,17-28,35-36,38,43,45,50-51,55,58,61-65,73-76H,3,6-7,9,12,14-16,29-34,37,39-42H2,1H3,(H4,70,71,72)(H,77,78,79);/q;+1/p-1. The average molecular weight is 1150 g/mol. The molecule has 10 bridgehead atoms. The van der Waals surface area contributed by atoms with E-state index in [1.165, 1.54) is 0 Å². The number of rotatable bonds is 10. The second kappa shape index (κ2) is 24.4. The zero-order valence-electron chi connectivity index (χ0n) is 48.2. The van der Waals surface area contributed by atoms with Crippen molar-refractivity contribution in [3.8, 4) is 23.3 Å². The van der Waals surface area contributed by atoms with Gasteiger partial charge in [-0.25, -0.2) is 13.4 Å². The first-order valence-corrected chi connectivity index (χ1v) is 31.8. The van der Waals surface area contributed by atoms with Crippen molar-refractivity contribution in [2.75, 3.05) is 6.61 Å². The van der Waals surface area contributed by atoms with E-state index in [0.717, 1.165) is 95.9 Å². The van der Waals surface area contributed by atoms with Gasteiger partial charge >= 0.3 is 29.6 Å². The monoisotopic (exact) mass is 1150 g/mol. The molecule has 432 valence electrons. The number of aliphatic imine (C=N–C) groups is 1. The van der Waals surface area contributed by atoms with E-state index in [1.807, 2.05) is 72.8 Å². The van der Waals surface area contributed by atoms with Gasteiger partial charge < -0.3 is 45.9 Å². The second-order valence-corrected chi connectivity index (χ2v) is 27.3. The summed E-state index contributed by atoms with van der Waals surface area (Å²) in [5, 5.41) is 45.4. The Kier molecular flexibility index (Phi) is 17.6. The topological polar surface area (TPSA) is 221 Å². The zero-order valence-corrected chi connectivity index (χ0v) is 51.0. The number of aliphatic hydroxyl groups excluding tert-OH is 1. The summed E-state index contributed by atoms with van der Waals surface area (Å²) in [5.41, 5.74) is 18.5. The van der Waals surface area contributed by atoms with E-state index >= 15 is 0 Å². The van der Waals surface area contributed by atoms with Crippen LogP contribution in [0.25, 0.3) is 0 Å². The third-order valence-corrected chi connectivity index (χ3v) is 21.8. The van der Waals surface area contributed by atoms with Gasteiger partial charge in [-0.1, -0.05) is 135 Å². The number of phenolic OH excluding ortho intramolecular Hbond substituents is 1. The van der Waals surface area contributed by atoms with Crippen LogP contribution in [-0.4, -0.2) is 62.9 Å². The van der Waals surface area contributed by atoms with Crippen molar-refractivity contribution in [2.24, 2.45) is 46.0 Å². The number of guanidine groups is 1. The summed E-state index contributed by atoms with van der Waals surface area (Å²) >= 11 is 0. The van der Waals surface area contributed by atoms with Gasteiger partial charge in [-0.05, 0) is 194 Å². The molecular formula is C69H80N3NaO9S. The molecule has 0 radical (unpaired) electrons. The average Bonchev–Trinajstić information content (AvgIpc) is 3.82. The zero-order chi connectivity index (χ0) is 57.0. The van der Waals surface area contributed by atoms with Crippen molar-refractivity contribution in [1.29, 1.82) is 0 Å². The van der Waals surface area contributed by atoms with Gasteiger partial charge in [0.25, 0.3) is 0 Å². The SMILES string of the molecule is CC1CCc2cc3ccc2C1CC(S(=O)(=O)[O-])C1C=C2CC(CC4CC(CO)CC#Cc5cc(O)ccc5C2O4)C1c1ccc(cc1)C(CC(Cc1ccccc1)C1(O)CCCC(c2ccc(C4(O)CCCCC4)cc2)C1)(N=C(N)N)O3.[Na+]. The summed E-state index contributed by atoms with van der Waals surface area (Å²) in [4.78, 5) is 5.17. The van der Waals surface area contributed by atoms with Gasteiger partial charge in [0, 0.05) is 36.1 Å². The van der Waals surface area contributed by atoms with Gasteiger partial charge in [0.15, 0.2) is 5.96 Å². The Morgan fingerprint density at radius 2 is 1.58 bits per heavy atom. The fraction of sp³-hybridized carbons (Fsp3) is 0.493. The maximum atomic E-state index is 14.4. The van der Waals surface area contributed by atoms with Gasteiger partial charge in [0.05, 0.1) is 32.7 Å². The predicted molar refractivity (Wildman–Crippen MR) is 317 cm³/mol. The number of aryl methyl sites for hydroxylation is 1. The maximum absolute atomic E-state index is 14.4. The molecule has 2 saturated carbocycles. The normalized spacial score (nSPS) is 31.2. The first-order chi connectivity index (χ1) is 39.5. The third kappa shape index (κ3) is 12.4. The van der Waals surface area contributed by atoms with Crippen LogP contribution in [0.1, 0.15) is 184 Å². The van der Waals surface area contributed by atoms with Crippen LogP contribution in [0.3, 0.4) is 0 Å². The molecule has 1 saturated heterocycles. The van der Waals surface area contributed by atoms with E-state index in [9.17, 15) is 33.4 Å². The molecule has 5 aromatic carbocycles. The Labute approximate surface area is 512 Å². The second-order valence-electron chi connectivity index (χ2n) is 25.7. The van der Waals surface area contributed by atoms with Crippen LogP contribution in [0, 0.1) is 41.4 Å². The van der Waals surface area contributed by atoms with Crippen LogP contribution in [0.2, 0.25) is 0 Å². The molecule has 13 unspecified atom stereocenters. The third-order valence-electron chi connectivity index (χ3n) is 20.5. The summed E-state index contributed by atoms with van der Waals surface area (Å²) in [7, 11) is -4.95. The van der Waals surface area contributed by atoms with Crippen LogP contribution in [-0.2, 0) is 39.0 Å². The minimum Gasteiger partial charge on any atom is -0.748 e. The summed E-state index contributed by atoms with van der Waals surface area (Å²) in [6.07, 6.45) is 12.9. The molecule has 3 fully saturated rings. The van der Waals surface area contributed by atoms with Crippen molar-refractivity contribution >= 4 is 16.1 Å². The van der Waals surface area contributed by atoms with Crippen molar-refractivity contribution in [3.05, 3.63) is 177 Å². The van der Waals surface area contributed by atoms with Gasteiger partial charge in [-0.2, -0.15) is 0 Å². The molecule has 12 nitrogen and oxygen atoms in total. The van der Waals surface area contributed by atoms with Crippen molar-refractivity contribution < 1.29 is 72.4 Å². The van der Waals surface area contributed by atoms with E-state index in [-0.39, 0.29) is 96.4 Å². The number of benzene rings is 5. The first-order valence-electron chi connectivity index (χ1n) is 30.3. The van der Waals surface area contributed by atoms with Gasteiger partial charge in [0.1, 0.15) is 17.6 Å². The Morgan fingerprint density at radius 1 is 0.843 bits per heavy atom. The molecule has 13 atom stereocenters. The van der Waals surface area contributed by atoms with E-state index in [0.29, 0.717) is 68.2 Å². The summed E-state index contributed by atoms with van der Waals surface area (Å²) in [5.74, 6) is 4.80. The molecule has 0 aromatic heterocycles. The molecule has 0 spiro atoms. The number of nitrogens with two attached hydrogens (primary N) is 2. The Morgan fingerprint density at radius 3 is 2.31 bits per heavy atom. The van der Waals surface area contributed by atoms with Crippen LogP contribution < -0.4 is 45.8 Å². The van der Waals surface area contributed by atoms with Gasteiger partial charge in [-0.15, -0.1) is 0 Å².